The van der Waals surface area contributed by atoms with Gasteiger partial charge in [0.05, 0.1) is 11.3 Å². The molecule has 0 amide bonds. The summed E-state index contributed by atoms with van der Waals surface area (Å²) in [6.07, 6.45) is 1.40. The zero-order chi connectivity index (χ0) is 11.7. The van der Waals surface area contributed by atoms with Gasteiger partial charge in [0.25, 0.3) is 0 Å². The second kappa shape index (κ2) is 3.89. The highest BCUT2D eigenvalue weighted by molar-refractivity contribution is 6.06. The molecule has 0 unspecified atom stereocenters. The third-order valence-corrected chi connectivity index (χ3v) is 2.48. The molecule has 0 aliphatic heterocycles. The van der Waals surface area contributed by atoms with Crippen LogP contribution in [0.25, 0.3) is 10.9 Å². The lowest BCUT2D eigenvalue weighted by molar-refractivity contribution is 0.101. The van der Waals surface area contributed by atoms with Crippen LogP contribution in [0, 0.1) is 5.82 Å². The van der Waals surface area contributed by atoms with Gasteiger partial charge >= 0.3 is 0 Å². The molecule has 1 heterocycles. The van der Waals surface area contributed by atoms with Crippen molar-refractivity contribution in [2.24, 2.45) is 0 Å². The van der Waals surface area contributed by atoms with Gasteiger partial charge in [0.1, 0.15) is 11.3 Å². The molecule has 0 radical (unpaired) electrons. The molecule has 1 aromatic heterocycles. The zero-order valence-electron chi connectivity index (χ0n) is 9.04. The van der Waals surface area contributed by atoms with E-state index in [0.29, 0.717) is 16.6 Å². The molecule has 16 heavy (non-hydrogen) atoms. The smallest absolute Gasteiger partial charge is 0.163 e. The second-order valence-corrected chi connectivity index (χ2v) is 3.49. The first-order chi connectivity index (χ1) is 7.65. The molecular weight excluding hydrogens is 207 g/mol. The number of fused-ring (bicyclic) bond motifs is 1. The van der Waals surface area contributed by atoms with E-state index in [1.807, 2.05) is 0 Å². The van der Waals surface area contributed by atoms with Crippen molar-refractivity contribution in [2.45, 2.75) is 6.92 Å². The minimum absolute atomic E-state index is 0.0944. The Kier molecular flexibility index (Phi) is 2.56. The molecule has 2 rings (SSSR count). The van der Waals surface area contributed by atoms with Crippen LogP contribution in [0.5, 0.6) is 0 Å². The van der Waals surface area contributed by atoms with Gasteiger partial charge in [-0.05, 0) is 13.0 Å². The highest BCUT2D eigenvalue weighted by Crippen LogP contribution is 2.27. The first kappa shape index (κ1) is 10.5. The summed E-state index contributed by atoms with van der Waals surface area (Å²) in [5.74, 6) is -0.480. The standard InChI is InChI=1S/C12H11FN2O/c1-7(16)9-6-15-12-8(11(9)14-2)4-3-5-10(12)13/h3-6H,1-2H3,(H,14,15). The Bertz CT molecular complexity index is 566. The van der Waals surface area contributed by atoms with Gasteiger partial charge in [-0.1, -0.05) is 12.1 Å². The largest absolute Gasteiger partial charge is 0.387 e. The number of aromatic nitrogens is 1. The molecule has 0 atom stereocenters. The number of Topliss-reactive ketones (excluding diaryl/α,β-unsaturated/α-hetero) is 1. The molecule has 0 spiro atoms. The lowest BCUT2D eigenvalue weighted by Gasteiger charge is -2.09. The molecule has 3 nitrogen and oxygen atoms in total. The van der Waals surface area contributed by atoms with Crippen LogP contribution >= 0.6 is 0 Å². The fraction of sp³-hybridized carbons (Fsp3) is 0.167. The van der Waals surface area contributed by atoms with E-state index < -0.39 is 0 Å². The first-order valence-electron chi connectivity index (χ1n) is 4.91. The number of anilines is 1. The van der Waals surface area contributed by atoms with Crippen LogP contribution in [0.2, 0.25) is 0 Å². The van der Waals surface area contributed by atoms with E-state index in [4.69, 9.17) is 0 Å². The summed E-state index contributed by atoms with van der Waals surface area (Å²) in [5, 5.41) is 3.54. The summed E-state index contributed by atoms with van der Waals surface area (Å²) in [7, 11) is 1.70. The van der Waals surface area contributed by atoms with Crippen LogP contribution in [0.3, 0.4) is 0 Å². The minimum atomic E-state index is -0.385. The van der Waals surface area contributed by atoms with Gasteiger partial charge in [-0.2, -0.15) is 0 Å². The van der Waals surface area contributed by atoms with E-state index in [9.17, 15) is 9.18 Å². The van der Waals surface area contributed by atoms with Gasteiger partial charge in [-0.3, -0.25) is 9.78 Å². The van der Waals surface area contributed by atoms with Crippen LogP contribution in [0.4, 0.5) is 10.1 Å². The number of benzene rings is 1. The number of hydrogen-bond acceptors (Lipinski definition) is 3. The molecule has 0 saturated carbocycles. The number of halogens is 1. The molecule has 0 aliphatic rings. The number of nitrogens with one attached hydrogen (secondary N) is 1. The molecule has 0 saturated heterocycles. The maximum absolute atomic E-state index is 13.5. The Morgan fingerprint density at radius 1 is 1.44 bits per heavy atom. The van der Waals surface area contributed by atoms with Gasteiger partial charge in [-0.25, -0.2) is 4.39 Å². The van der Waals surface area contributed by atoms with Crippen molar-refractivity contribution in [3.8, 4) is 0 Å². The van der Waals surface area contributed by atoms with Crippen molar-refractivity contribution in [2.75, 3.05) is 12.4 Å². The average molecular weight is 218 g/mol. The Morgan fingerprint density at radius 3 is 2.81 bits per heavy atom. The van der Waals surface area contributed by atoms with Crippen LogP contribution in [0.1, 0.15) is 17.3 Å². The SMILES string of the molecule is CNc1c(C(C)=O)cnc2c(F)cccc12. The molecule has 0 fully saturated rings. The molecular formula is C12H11FN2O. The molecule has 2 aromatic rings. The quantitative estimate of drug-likeness (QED) is 0.788. The highest BCUT2D eigenvalue weighted by atomic mass is 19.1. The second-order valence-electron chi connectivity index (χ2n) is 3.49. The number of ketones is 1. The number of nitrogens with zero attached hydrogens (tertiary/aromatic N) is 1. The predicted molar refractivity (Wildman–Crippen MR) is 61.3 cm³/mol. The minimum Gasteiger partial charge on any atom is -0.387 e. The topological polar surface area (TPSA) is 42.0 Å². The molecule has 0 bridgehead atoms. The molecule has 4 heteroatoms. The van der Waals surface area contributed by atoms with Gasteiger partial charge < -0.3 is 5.32 Å². The Balaban J connectivity index is 2.86. The van der Waals surface area contributed by atoms with E-state index in [1.165, 1.54) is 19.2 Å². The van der Waals surface area contributed by atoms with Crippen molar-refractivity contribution < 1.29 is 9.18 Å². The molecule has 1 aromatic carbocycles. The fourth-order valence-electron chi connectivity index (χ4n) is 1.72. The lowest BCUT2D eigenvalue weighted by atomic mass is 10.1. The number of hydrogen-bond donors (Lipinski definition) is 1. The van der Waals surface area contributed by atoms with Gasteiger partial charge in [-0.15, -0.1) is 0 Å². The number of para-hydroxylation sites is 1. The van der Waals surface area contributed by atoms with E-state index in [-0.39, 0.29) is 17.1 Å². The fourth-order valence-corrected chi connectivity index (χ4v) is 1.72. The van der Waals surface area contributed by atoms with Crippen LogP contribution in [-0.2, 0) is 0 Å². The number of rotatable bonds is 2. The number of carbonyl (C=O) groups excluding carboxylic acids is 1. The van der Waals surface area contributed by atoms with E-state index in [0.717, 1.165) is 0 Å². The van der Waals surface area contributed by atoms with Crippen LogP contribution in [0.15, 0.2) is 24.4 Å². The van der Waals surface area contributed by atoms with Crippen LogP contribution < -0.4 is 5.32 Å². The van der Waals surface area contributed by atoms with E-state index in [1.54, 1.807) is 19.2 Å². The summed E-state index contributed by atoms with van der Waals surface area (Å²) in [5.41, 5.74) is 1.37. The number of carbonyl (C=O) groups is 1. The Labute approximate surface area is 92.3 Å². The predicted octanol–water partition coefficient (Wildman–Crippen LogP) is 2.62. The maximum atomic E-state index is 13.5. The van der Waals surface area contributed by atoms with Gasteiger partial charge in [0.15, 0.2) is 5.78 Å². The van der Waals surface area contributed by atoms with E-state index in [2.05, 4.69) is 10.3 Å². The number of pyridine rings is 1. The summed E-state index contributed by atoms with van der Waals surface area (Å²) >= 11 is 0. The summed E-state index contributed by atoms with van der Waals surface area (Å²) < 4.78 is 13.5. The monoisotopic (exact) mass is 218 g/mol. The third-order valence-electron chi connectivity index (χ3n) is 2.48. The lowest BCUT2D eigenvalue weighted by Crippen LogP contribution is -2.03. The van der Waals surface area contributed by atoms with Crippen LogP contribution in [-0.4, -0.2) is 17.8 Å². The first-order valence-corrected chi connectivity index (χ1v) is 4.91. The Morgan fingerprint density at radius 2 is 2.19 bits per heavy atom. The summed E-state index contributed by atoms with van der Waals surface area (Å²) in [6.45, 7) is 1.46. The molecule has 82 valence electrons. The third kappa shape index (κ3) is 1.52. The van der Waals surface area contributed by atoms with E-state index >= 15 is 0 Å². The summed E-state index contributed by atoms with van der Waals surface area (Å²) in [4.78, 5) is 15.4. The molecule has 0 aliphatic carbocycles. The average Bonchev–Trinajstić information content (AvgIpc) is 2.27. The summed E-state index contributed by atoms with van der Waals surface area (Å²) in [6, 6.07) is 4.69. The van der Waals surface area contributed by atoms with Crippen molar-refractivity contribution in [1.82, 2.24) is 4.98 Å². The van der Waals surface area contributed by atoms with Gasteiger partial charge in [0, 0.05) is 18.6 Å². The van der Waals surface area contributed by atoms with Crippen molar-refractivity contribution in [3.63, 3.8) is 0 Å². The van der Waals surface area contributed by atoms with Crippen molar-refractivity contribution in [3.05, 3.63) is 35.8 Å². The maximum Gasteiger partial charge on any atom is 0.163 e. The molecule has 1 N–H and O–H groups in total. The normalized spacial score (nSPS) is 10.4. The van der Waals surface area contributed by atoms with Crippen molar-refractivity contribution in [1.29, 1.82) is 0 Å². The Hall–Kier alpha value is -1.97. The highest BCUT2D eigenvalue weighted by Gasteiger charge is 2.12. The van der Waals surface area contributed by atoms with Crippen molar-refractivity contribution >= 4 is 22.4 Å². The van der Waals surface area contributed by atoms with Gasteiger partial charge in [0.2, 0.25) is 0 Å². The zero-order valence-corrected chi connectivity index (χ0v) is 9.04.